The molecule has 6 nitrogen and oxygen atoms in total. The molecule has 0 aromatic heterocycles. The average molecular weight is 915 g/mol. The normalized spacial score (nSPS) is 13.0. The zero-order valence-corrected chi connectivity index (χ0v) is 42.7. The second-order valence-electron chi connectivity index (χ2n) is 17.5. The van der Waals surface area contributed by atoms with Gasteiger partial charge in [0.15, 0.2) is 6.10 Å². The average Bonchev–Trinajstić information content (AvgIpc) is 3.31. The first-order valence-electron chi connectivity index (χ1n) is 27.0. The molecule has 0 aromatic rings. The third-order valence-electron chi connectivity index (χ3n) is 11.1. The van der Waals surface area contributed by atoms with Crippen molar-refractivity contribution in [3.63, 3.8) is 0 Å². The van der Waals surface area contributed by atoms with Gasteiger partial charge >= 0.3 is 17.9 Å². The minimum atomic E-state index is -0.812. The van der Waals surface area contributed by atoms with Crippen LogP contribution in [0.5, 0.6) is 0 Å². The summed E-state index contributed by atoms with van der Waals surface area (Å²) in [6.07, 6.45) is 72.2. The maximum atomic E-state index is 12.8. The number of carbonyl (C=O) groups excluding carboxylic acids is 3. The van der Waals surface area contributed by atoms with Crippen molar-refractivity contribution in [1.29, 1.82) is 0 Å². The fourth-order valence-electron chi connectivity index (χ4n) is 7.10. The highest BCUT2D eigenvalue weighted by molar-refractivity contribution is 5.71. The van der Waals surface area contributed by atoms with E-state index >= 15 is 0 Å². The van der Waals surface area contributed by atoms with Crippen LogP contribution in [-0.2, 0) is 28.6 Å². The Kier molecular flexibility index (Phi) is 50.5. The largest absolute Gasteiger partial charge is 0.462 e. The van der Waals surface area contributed by atoms with Gasteiger partial charge in [-0.05, 0) is 96.3 Å². The van der Waals surface area contributed by atoms with E-state index in [1.807, 2.05) is 36.5 Å². The van der Waals surface area contributed by atoms with E-state index in [-0.39, 0.29) is 37.5 Å². The highest BCUT2D eigenvalue weighted by atomic mass is 16.6. The summed E-state index contributed by atoms with van der Waals surface area (Å²) in [5.74, 6) is -0.981. The van der Waals surface area contributed by atoms with Crippen LogP contribution in [0.4, 0.5) is 0 Å². The first kappa shape index (κ1) is 62.1. The van der Waals surface area contributed by atoms with Gasteiger partial charge in [-0.1, -0.05) is 226 Å². The summed E-state index contributed by atoms with van der Waals surface area (Å²) in [7, 11) is 0. The number of allylic oxidation sites excluding steroid dienone is 18. The van der Waals surface area contributed by atoms with Crippen LogP contribution in [0.25, 0.3) is 0 Å². The summed E-state index contributed by atoms with van der Waals surface area (Å²) in [4.78, 5) is 38.0. The van der Waals surface area contributed by atoms with Crippen molar-refractivity contribution in [2.45, 2.75) is 239 Å². The number of hydrogen-bond acceptors (Lipinski definition) is 6. The standard InChI is InChI=1S/C60H98O6/c1-4-7-10-13-16-19-22-25-27-29-30-31-33-35-38-41-44-47-50-53-59(62)65-56-57(55-64-58(61)52-49-46-43-40-37-34-24-21-18-15-12-9-6-3)66-60(63)54-51-48-45-42-39-36-32-28-26-23-20-17-14-11-8-5-2/h7,9-10,12,15-16,18-19,21,24-25,27-28,32,34,36-37,39,57H,4-6,8,11,13-14,17,20,22-23,26,29-31,33,35,38,40-56H2,1-3H3/b10-7-,12-9-,18-15-,19-16-,24-21-,27-25-,32-28-,37-34-,39-36-. The van der Waals surface area contributed by atoms with Gasteiger partial charge in [0.05, 0.1) is 0 Å². The topological polar surface area (TPSA) is 78.9 Å². The smallest absolute Gasteiger partial charge is 0.306 e. The van der Waals surface area contributed by atoms with E-state index in [4.69, 9.17) is 14.2 Å². The molecule has 0 heterocycles. The Labute approximate surface area is 406 Å². The van der Waals surface area contributed by atoms with Crippen molar-refractivity contribution in [1.82, 2.24) is 0 Å². The van der Waals surface area contributed by atoms with Crippen LogP contribution in [0.1, 0.15) is 233 Å². The summed E-state index contributed by atoms with van der Waals surface area (Å²) in [6, 6.07) is 0. The number of unbranched alkanes of at least 4 members (excludes halogenated alkanes) is 22. The van der Waals surface area contributed by atoms with Crippen molar-refractivity contribution in [2.24, 2.45) is 0 Å². The molecule has 6 heteroatoms. The van der Waals surface area contributed by atoms with E-state index in [1.54, 1.807) is 0 Å². The van der Waals surface area contributed by atoms with E-state index in [2.05, 4.69) is 93.7 Å². The monoisotopic (exact) mass is 915 g/mol. The van der Waals surface area contributed by atoms with E-state index in [0.717, 1.165) is 109 Å². The molecular formula is C60H98O6. The molecule has 0 aliphatic heterocycles. The summed E-state index contributed by atoms with van der Waals surface area (Å²) in [6.45, 7) is 6.31. The molecule has 0 radical (unpaired) electrons. The lowest BCUT2D eigenvalue weighted by molar-refractivity contribution is -0.167. The highest BCUT2D eigenvalue weighted by Crippen LogP contribution is 2.14. The van der Waals surface area contributed by atoms with Gasteiger partial charge in [0.25, 0.3) is 0 Å². The summed E-state index contributed by atoms with van der Waals surface area (Å²) in [5, 5.41) is 0. The number of carbonyl (C=O) groups is 3. The maximum Gasteiger partial charge on any atom is 0.306 e. The molecule has 0 spiro atoms. The molecule has 0 saturated carbocycles. The van der Waals surface area contributed by atoms with Crippen molar-refractivity contribution in [3.8, 4) is 0 Å². The molecule has 0 aliphatic carbocycles. The second-order valence-corrected chi connectivity index (χ2v) is 17.5. The third-order valence-corrected chi connectivity index (χ3v) is 11.1. The number of hydrogen-bond donors (Lipinski definition) is 0. The predicted octanol–water partition coefficient (Wildman–Crippen LogP) is 17.9. The van der Waals surface area contributed by atoms with Crippen LogP contribution in [0.2, 0.25) is 0 Å². The first-order chi connectivity index (χ1) is 32.5. The van der Waals surface area contributed by atoms with Gasteiger partial charge in [0.1, 0.15) is 13.2 Å². The molecule has 0 amide bonds. The Morgan fingerprint density at radius 2 is 0.667 bits per heavy atom. The Bertz CT molecular complexity index is 1370. The lowest BCUT2D eigenvalue weighted by Gasteiger charge is -2.18. The summed E-state index contributed by atoms with van der Waals surface area (Å²) in [5.41, 5.74) is 0. The minimum absolute atomic E-state index is 0.106. The molecule has 1 unspecified atom stereocenters. The zero-order valence-electron chi connectivity index (χ0n) is 42.7. The fourth-order valence-corrected chi connectivity index (χ4v) is 7.10. The molecule has 374 valence electrons. The van der Waals surface area contributed by atoms with Gasteiger partial charge in [-0.3, -0.25) is 14.4 Å². The molecule has 0 bridgehead atoms. The lowest BCUT2D eigenvalue weighted by atomic mass is 10.1. The number of esters is 3. The van der Waals surface area contributed by atoms with E-state index < -0.39 is 6.10 Å². The van der Waals surface area contributed by atoms with Gasteiger partial charge in [0, 0.05) is 19.3 Å². The summed E-state index contributed by atoms with van der Waals surface area (Å²) >= 11 is 0. The molecule has 1 atom stereocenters. The highest BCUT2D eigenvalue weighted by Gasteiger charge is 2.19. The molecule has 0 rings (SSSR count). The van der Waals surface area contributed by atoms with Gasteiger partial charge in [-0.15, -0.1) is 0 Å². The van der Waals surface area contributed by atoms with Crippen LogP contribution in [-0.4, -0.2) is 37.2 Å². The van der Waals surface area contributed by atoms with Gasteiger partial charge in [-0.25, -0.2) is 0 Å². The SMILES string of the molecule is CC\C=C/C=C\C=C/C=C\CCCCCC(=O)OCC(COC(=O)CCCCCCCCCCC/C=C\C/C=C\C/C=C\CC)OC(=O)CCCCC/C=C\C=C/CCCCCCCCC. The maximum absolute atomic E-state index is 12.8. The molecule has 0 aliphatic rings. The Balaban J connectivity index is 4.47. The molecular weight excluding hydrogens is 817 g/mol. The van der Waals surface area contributed by atoms with Crippen LogP contribution in [0.15, 0.2) is 109 Å². The Hall–Kier alpha value is -3.93. The van der Waals surface area contributed by atoms with E-state index in [1.165, 1.54) is 83.5 Å². The van der Waals surface area contributed by atoms with Gasteiger partial charge in [-0.2, -0.15) is 0 Å². The van der Waals surface area contributed by atoms with Gasteiger partial charge < -0.3 is 14.2 Å². The molecule has 0 aromatic carbocycles. The first-order valence-corrected chi connectivity index (χ1v) is 27.0. The van der Waals surface area contributed by atoms with Crippen LogP contribution >= 0.6 is 0 Å². The quantitative estimate of drug-likeness (QED) is 0.0199. The fraction of sp³-hybridized carbons (Fsp3) is 0.650. The third kappa shape index (κ3) is 51.1. The predicted molar refractivity (Wildman–Crippen MR) is 283 cm³/mol. The molecule has 66 heavy (non-hydrogen) atoms. The van der Waals surface area contributed by atoms with Gasteiger partial charge in [0.2, 0.25) is 0 Å². The second kappa shape index (κ2) is 53.7. The van der Waals surface area contributed by atoms with Crippen LogP contribution in [0, 0.1) is 0 Å². The Morgan fingerprint density at radius 3 is 1.14 bits per heavy atom. The van der Waals surface area contributed by atoms with Crippen molar-refractivity contribution < 1.29 is 28.6 Å². The number of ether oxygens (including phenoxy) is 3. The Morgan fingerprint density at radius 1 is 0.333 bits per heavy atom. The van der Waals surface area contributed by atoms with Crippen molar-refractivity contribution >= 4 is 17.9 Å². The lowest BCUT2D eigenvalue weighted by Crippen LogP contribution is -2.30. The molecule has 0 N–H and O–H groups in total. The molecule has 0 fully saturated rings. The minimum Gasteiger partial charge on any atom is -0.462 e. The number of rotatable bonds is 47. The van der Waals surface area contributed by atoms with E-state index in [9.17, 15) is 14.4 Å². The zero-order chi connectivity index (χ0) is 47.9. The van der Waals surface area contributed by atoms with Crippen LogP contribution in [0.3, 0.4) is 0 Å². The van der Waals surface area contributed by atoms with Crippen LogP contribution < -0.4 is 0 Å². The van der Waals surface area contributed by atoms with Crippen molar-refractivity contribution in [2.75, 3.05) is 13.2 Å². The van der Waals surface area contributed by atoms with Crippen molar-refractivity contribution in [3.05, 3.63) is 109 Å². The summed E-state index contributed by atoms with van der Waals surface area (Å²) < 4.78 is 16.8. The molecule has 0 saturated heterocycles. The van der Waals surface area contributed by atoms with E-state index in [0.29, 0.717) is 12.8 Å².